The molecule has 0 bridgehead atoms. The van der Waals surface area contributed by atoms with Crippen LogP contribution in [0.15, 0.2) is 10.9 Å². The van der Waals surface area contributed by atoms with Gasteiger partial charge in [-0.1, -0.05) is 6.92 Å². The Balaban J connectivity index is 2.78. The molecule has 0 aliphatic rings. The second kappa shape index (κ2) is 6.03. The molecule has 0 unspecified atom stereocenters. The molecule has 0 aromatic carbocycles. The summed E-state index contributed by atoms with van der Waals surface area (Å²) in [5, 5.41) is 0. The third-order valence-corrected chi connectivity index (χ3v) is 3.37. The number of hydrogen-bond donors (Lipinski definition) is 1. The molecule has 0 spiro atoms. The van der Waals surface area contributed by atoms with Gasteiger partial charge in [-0.3, -0.25) is 4.79 Å². The highest BCUT2D eigenvalue weighted by Gasteiger charge is 2.24. The Labute approximate surface area is 122 Å². The van der Waals surface area contributed by atoms with Gasteiger partial charge in [0.05, 0.1) is 18.7 Å². The smallest absolute Gasteiger partial charge is 0.358 e. The first-order valence-electron chi connectivity index (χ1n) is 7.09. The van der Waals surface area contributed by atoms with Crippen LogP contribution in [-0.4, -0.2) is 28.7 Å². The number of fused-ring (bicyclic) bond motifs is 1. The average Bonchev–Trinajstić information content (AvgIpc) is 2.71. The van der Waals surface area contributed by atoms with Crippen molar-refractivity contribution in [2.45, 2.75) is 27.2 Å². The van der Waals surface area contributed by atoms with Crippen molar-refractivity contribution in [2.75, 3.05) is 13.2 Å². The van der Waals surface area contributed by atoms with E-state index >= 15 is 0 Å². The van der Waals surface area contributed by atoms with Crippen LogP contribution in [0.4, 0.5) is 0 Å². The van der Waals surface area contributed by atoms with Crippen molar-refractivity contribution in [1.82, 2.24) is 9.55 Å². The van der Waals surface area contributed by atoms with Crippen LogP contribution in [0.25, 0.3) is 11.0 Å². The molecule has 2 rings (SSSR count). The molecule has 6 heteroatoms. The molecule has 2 aromatic rings. The Morgan fingerprint density at radius 1 is 1.29 bits per heavy atom. The zero-order valence-electron chi connectivity index (χ0n) is 12.8. The molecular weight excluding hydrogens is 272 g/mol. The summed E-state index contributed by atoms with van der Waals surface area (Å²) in [4.78, 5) is 27.0. The summed E-state index contributed by atoms with van der Waals surface area (Å²) in [7, 11) is 1.76. The van der Waals surface area contributed by atoms with E-state index in [9.17, 15) is 9.59 Å². The number of hydrogen-bond acceptors (Lipinski definition) is 4. The van der Waals surface area contributed by atoms with Gasteiger partial charge in [0, 0.05) is 12.6 Å². The fraction of sp³-hybridized carbons (Fsp3) is 0.467. The molecule has 2 aromatic heterocycles. The lowest BCUT2D eigenvalue weighted by Crippen LogP contribution is -2.12. The number of pyridine rings is 1. The molecule has 0 aliphatic heterocycles. The van der Waals surface area contributed by atoms with Crippen LogP contribution < -0.4 is 10.3 Å². The van der Waals surface area contributed by atoms with E-state index in [1.54, 1.807) is 24.6 Å². The second-order valence-corrected chi connectivity index (χ2v) is 4.63. The highest BCUT2D eigenvalue weighted by molar-refractivity contribution is 6.00. The Morgan fingerprint density at radius 3 is 2.57 bits per heavy atom. The first kappa shape index (κ1) is 15.2. The molecule has 0 aliphatic carbocycles. The molecule has 114 valence electrons. The van der Waals surface area contributed by atoms with Gasteiger partial charge in [0.2, 0.25) is 0 Å². The van der Waals surface area contributed by atoms with Crippen LogP contribution >= 0.6 is 0 Å². The van der Waals surface area contributed by atoms with Gasteiger partial charge in [0.25, 0.3) is 5.56 Å². The van der Waals surface area contributed by atoms with Crippen molar-refractivity contribution in [3.8, 4) is 5.75 Å². The first-order chi connectivity index (χ1) is 10.0. The van der Waals surface area contributed by atoms with Gasteiger partial charge < -0.3 is 19.0 Å². The summed E-state index contributed by atoms with van der Waals surface area (Å²) >= 11 is 0. The SMILES string of the molecule is CCOC(=O)c1c(OCC)c2[nH]c(=O)c(CC)cc2n1C. The normalized spacial score (nSPS) is 10.9. The third kappa shape index (κ3) is 2.53. The summed E-state index contributed by atoms with van der Waals surface area (Å²) in [5.41, 5.74) is 2.11. The quantitative estimate of drug-likeness (QED) is 0.855. The molecule has 0 amide bonds. The summed E-state index contributed by atoms with van der Waals surface area (Å²) in [6.07, 6.45) is 0.620. The maximum atomic E-state index is 12.2. The predicted octanol–water partition coefficient (Wildman–Crippen LogP) is 2.00. The highest BCUT2D eigenvalue weighted by Crippen LogP contribution is 2.31. The summed E-state index contributed by atoms with van der Waals surface area (Å²) < 4.78 is 12.4. The Morgan fingerprint density at radius 2 is 2.00 bits per heavy atom. The average molecular weight is 292 g/mol. The topological polar surface area (TPSA) is 73.3 Å². The fourth-order valence-electron chi connectivity index (χ4n) is 2.37. The van der Waals surface area contributed by atoms with E-state index in [-0.39, 0.29) is 12.2 Å². The largest absolute Gasteiger partial charge is 0.489 e. The van der Waals surface area contributed by atoms with E-state index in [1.807, 2.05) is 13.8 Å². The number of aryl methyl sites for hydroxylation is 2. The lowest BCUT2D eigenvalue weighted by atomic mass is 10.2. The van der Waals surface area contributed by atoms with Crippen LogP contribution in [-0.2, 0) is 18.2 Å². The monoisotopic (exact) mass is 292 g/mol. The molecule has 0 fully saturated rings. The number of nitrogens with zero attached hydrogens (tertiary/aromatic N) is 1. The molecule has 0 radical (unpaired) electrons. The zero-order valence-corrected chi connectivity index (χ0v) is 12.8. The van der Waals surface area contributed by atoms with Crippen LogP contribution in [0, 0.1) is 0 Å². The van der Waals surface area contributed by atoms with E-state index in [0.717, 1.165) is 5.52 Å². The Hall–Kier alpha value is -2.24. The van der Waals surface area contributed by atoms with Crippen LogP contribution in [0.2, 0.25) is 0 Å². The number of esters is 1. The number of H-pyrrole nitrogens is 1. The minimum atomic E-state index is -0.460. The summed E-state index contributed by atoms with van der Waals surface area (Å²) in [6, 6.07) is 1.79. The van der Waals surface area contributed by atoms with Gasteiger partial charge in [0.1, 0.15) is 5.52 Å². The molecule has 6 nitrogen and oxygen atoms in total. The highest BCUT2D eigenvalue weighted by atomic mass is 16.5. The fourth-order valence-corrected chi connectivity index (χ4v) is 2.37. The van der Waals surface area contributed by atoms with Crippen LogP contribution in [0.5, 0.6) is 5.75 Å². The van der Waals surface area contributed by atoms with Crippen molar-refractivity contribution in [1.29, 1.82) is 0 Å². The summed E-state index contributed by atoms with van der Waals surface area (Å²) in [6.45, 7) is 6.16. The number of carbonyl (C=O) groups excluding carboxylic acids is 1. The molecule has 21 heavy (non-hydrogen) atoms. The first-order valence-corrected chi connectivity index (χ1v) is 7.09. The number of carbonyl (C=O) groups is 1. The van der Waals surface area contributed by atoms with Crippen molar-refractivity contribution >= 4 is 17.0 Å². The maximum Gasteiger partial charge on any atom is 0.358 e. The van der Waals surface area contributed by atoms with E-state index in [0.29, 0.717) is 35.6 Å². The lowest BCUT2D eigenvalue weighted by Gasteiger charge is -2.06. The number of rotatable bonds is 5. The third-order valence-electron chi connectivity index (χ3n) is 3.37. The van der Waals surface area contributed by atoms with Crippen LogP contribution in [0.3, 0.4) is 0 Å². The standard InChI is InChI=1S/C15H20N2O4/c1-5-9-8-10-11(16-14(9)18)13(20-6-2)12(17(10)4)15(19)21-7-3/h8H,5-7H2,1-4H3,(H,16,18). The van der Waals surface area contributed by atoms with Crippen LogP contribution in [0.1, 0.15) is 36.8 Å². The van der Waals surface area contributed by atoms with Gasteiger partial charge >= 0.3 is 5.97 Å². The molecule has 0 saturated heterocycles. The molecule has 1 N–H and O–H groups in total. The Bertz CT molecular complexity index is 727. The lowest BCUT2D eigenvalue weighted by molar-refractivity contribution is 0.0511. The maximum absolute atomic E-state index is 12.2. The predicted molar refractivity (Wildman–Crippen MR) is 80.0 cm³/mol. The molecule has 0 saturated carbocycles. The van der Waals surface area contributed by atoms with Gasteiger partial charge in [-0.25, -0.2) is 4.79 Å². The van der Waals surface area contributed by atoms with Gasteiger partial charge in [-0.2, -0.15) is 0 Å². The second-order valence-electron chi connectivity index (χ2n) is 4.63. The minimum Gasteiger partial charge on any atom is -0.489 e. The number of aromatic amines is 1. The number of aromatic nitrogens is 2. The number of nitrogens with one attached hydrogen (secondary N) is 1. The van der Waals surface area contributed by atoms with Crippen molar-refractivity contribution < 1.29 is 14.3 Å². The van der Waals surface area contributed by atoms with Crippen molar-refractivity contribution in [3.05, 3.63) is 27.7 Å². The van der Waals surface area contributed by atoms with E-state index in [1.165, 1.54) is 0 Å². The van der Waals surface area contributed by atoms with Gasteiger partial charge in [-0.05, 0) is 26.3 Å². The Kier molecular flexibility index (Phi) is 4.35. The van der Waals surface area contributed by atoms with Crippen molar-refractivity contribution in [3.63, 3.8) is 0 Å². The summed E-state index contributed by atoms with van der Waals surface area (Å²) in [5.74, 6) is -0.0910. The molecular formula is C15H20N2O4. The molecule has 0 atom stereocenters. The zero-order chi connectivity index (χ0) is 15.6. The van der Waals surface area contributed by atoms with Gasteiger partial charge in [-0.15, -0.1) is 0 Å². The van der Waals surface area contributed by atoms with E-state index in [2.05, 4.69) is 4.98 Å². The van der Waals surface area contributed by atoms with E-state index < -0.39 is 5.97 Å². The van der Waals surface area contributed by atoms with Crippen molar-refractivity contribution in [2.24, 2.45) is 7.05 Å². The van der Waals surface area contributed by atoms with E-state index in [4.69, 9.17) is 9.47 Å². The minimum absolute atomic E-state index is 0.160. The van der Waals surface area contributed by atoms with Gasteiger partial charge in [0.15, 0.2) is 11.4 Å². The number of ether oxygens (including phenoxy) is 2. The molecule has 2 heterocycles.